The molecule has 0 spiro atoms. The van der Waals surface area contributed by atoms with Crippen LogP contribution in [0.2, 0.25) is 0 Å². The second-order valence-corrected chi connectivity index (χ2v) is 8.59. The Morgan fingerprint density at radius 1 is 1.28 bits per heavy atom. The fourth-order valence-corrected chi connectivity index (χ4v) is 4.64. The molecule has 1 aromatic carbocycles. The van der Waals surface area contributed by atoms with E-state index < -0.39 is 22.0 Å². The number of sulfonamides is 1. The van der Waals surface area contributed by atoms with Crippen LogP contribution in [0, 0.1) is 18.8 Å². The first-order valence-electron chi connectivity index (χ1n) is 7.73. The highest BCUT2D eigenvalue weighted by molar-refractivity contribution is 7.91. The van der Waals surface area contributed by atoms with E-state index in [1.807, 2.05) is 31.2 Å². The van der Waals surface area contributed by atoms with Gasteiger partial charge in [0.15, 0.2) is 0 Å². The number of carboxylic acid groups (broad SMARTS) is 1. The molecule has 1 atom stereocenters. The highest BCUT2D eigenvalue weighted by Gasteiger charge is 2.22. The highest BCUT2D eigenvalue weighted by atomic mass is 32.2. The van der Waals surface area contributed by atoms with E-state index in [2.05, 4.69) is 16.6 Å². The molecular weight excluding hydrogens is 358 g/mol. The zero-order chi connectivity index (χ0) is 18.4. The Labute approximate surface area is 151 Å². The number of carbonyl (C=O) groups is 1. The first-order valence-corrected chi connectivity index (χ1v) is 10.0. The van der Waals surface area contributed by atoms with E-state index in [1.165, 1.54) is 6.07 Å². The van der Waals surface area contributed by atoms with Crippen molar-refractivity contribution in [3.05, 3.63) is 52.4 Å². The van der Waals surface area contributed by atoms with Gasteiger partial charge in [-0.25, -0.2) is 13.1 Å². The molecule has 0 saturated carbocycles. The van der Waals surface area contributed by atoms with Gasteiger partial charge in [0.05, 0.1) is 11.3 Å². The number of hydrogen-bond donors (Lipinski definition) is 2. The van der Waals surface area contributed by atoms with Crippen molar-refractivity contribution in [1.82, 2.24) is 4.72 Å². The Morgan fingerprint density at radius 3 is 2.68 bits per heavy atom. The summed E-state index contributed by atoms with van der Waals surface area (Å²) >= 11 is 1.06. The Kier molecular flexibility index (Phi) is 6.37. The minimum Gasteiger partial charge on any atom is -0.481 e. The molecule has 2 N–H and O–H groups in total. The predicted octanol–water partition coefficient (Wildman–Crippen LogP) is 2.99. The Hall–Kier alpha value is -2.14. The van der Waals surface area contributed by atoms with Gasteiger partial charge < -0.3 is 5.11 Å². The lowest BCUT2D eigenvalue weighted by Crippen LogP contribution is -2.35. The smallest absolute Gasteiger partial charge is 0.304 e. The monoisotopic (exact) mass is 377 g/mol. The molecule has 0 fully saturated rings. The van der Waals surface area contributed by atoms with Crippen molar-refractivity contribution in [3.8, 4) is 11.8 Å². The lowest BCUT2D eigenvalue weighted by atomic mass is 10.1. The van der Waals surface area contributed by atoms with Gasteiger partial charge in [0.2, 0.25) is 10.0 Å². The zero-order valence-corrected chi connectivity index (χ0v) is 15.6. The standard InChI is InChI=1S/C18H19NO4S2/c1-3-15(12-17(20)21)19-25(22,23)18-10-9-16(24-18)8-7-14-6-4-5-13(2)11-14/h4-6,9-11,15,19H,3,12H2,1-2H3,(H,20,21)/t15-/m0/s1. The van der Waals surface area contributed by atoms with Crippen LogP contribution in [0.4, 0.5) is 0 Å². The van der Waals surface area contributed by atoms with Crippen LogP contribution < -0.4 is 4.72 Å². The number of hydrogen-bond acceptors (Lipinski definition) is 4. The lowest BCUT2D eigenvalue weighted by Gasteiger charge is -2.13. The van der Waals surface area contributed by atoms with E-state index in [0.717, 1.165) is 22.5 Å². The molecular formula is C18H19NO4S2. The van der Waals surface area contributed by atoms with Gasteiger partial charge in [-0.05, 0) is 43.2 Å². The summed E-state index contributed by atoms with van der Waals surface area (Å²) in [4.78, 5) is 11.4. The summed E-state index contributed by atoms with van der Waals surface area (Å²) in [5.41, 5.74) is 1.97. The molecule has 7 heteroatoms. The molecule has 132 valence electrons. The first-order chi connectivity index (χ1) is 11.8. The molecule has 0 amide bonds. The van der Waals surface area contributed by atoms with Crippen molar-refractivity contribution in [2.75, 3.05) is 0 Å². The maximum Gasteiger partial charge on any atom is 0.304 e. The molecule has 0 aliphatic heterocycles. The van der Waals surface area contributed by atoms with Crippen molar-refractivity contribution in [1.29, 1.82) is 0 Å². The summed E-state index contributed by atoms with van der Waals surface area (Å²) in [7, 11) is -3.75. The van der Waals surface area contributed by atoms with Crippen LogP contribution >= 0.6 is 11.3 Å². The predicted molar refractivity (Wildman–Crippen MR) is 98.1 cm³/mol. The molecule has 0 aliphatic rings. The summed E-state index contributed by atoms with van der Waals surface area (Å²) in [5, 5.41) is 8.83. The average molecular weight is 377 g/mol. The van der Waals surface area contributed by atoms with Gasteiger partial charge in [0.25, 0.3) is 0 Å². The number of benzene rings is 1. The van der Waals surface area contributed by atoms with Crippen LogP contribution in [0.5, 0.6) is 0 Å². The van der Waals surface area contributed by atoms with Crippen molar-refractivity contribution < 1.29 is 18.3 Å². The average Bonchev–Trinajstić information content (AvgIpc) is 3.01. The summed E-state index contributed by atoms with van der Waals surface area (Å²) in [6.07, 6.45) is 0.151. The third-order valence-electron chi connectivity index (χ3n) is 3.43. The van der Waals surface area contributed by atoms with E-state index in [0.29, 0.717) is 11.3 Å². The van der Waals surface area contributed by atoms with Crippen LogP contribution in [-0.4, -0.2) is 25.5 Å². The number of nitrogens with one attached hydrogen (secondary N) is 1. The normalized spacial score (nSPS) is 12.2. The van der Waals surface area contributed by atoms with Crippen molar-refractivity contribution in [3.63, 3.8) is 0 Å². The summed E-state index contributed by atoms with van der Waals surface area (Å²) in [6.45, 7) is 3.72. The maximum absolute atomic E-state index is 12.4. The van der Waals surface area contributed by atoms with Gasteiger partial charge in [-0.3, -0.25) is 4.79 Å². The summed E-state index contributed by atoms with van der Waals surface area (Å²) < 4.78 is 27.3. The van der Waals surface area contributed by atoms with Gasteiger partial charge in [-0.15, -0.1) is 11.3 Å². The SMILES string of the molecule is CC[C@@H](CC(=O)O)NS(=O)(=O)c1ccc(C#Cc2cccc(C)c2)s1. The topological polar surface area (TPSA) is 83.5 Å². The molecule has 0 radical (unpaired) electrons. The lowest BCUT2D eigenvalue weighted by molar-refractivity contribution is -0.137. The molecule has 0 bridgehead atoms. The van der Waals surface area contributed by atoms with Crippen LogP contribution in [0.3, 0.4) is 0 Å². The number of carboxylic acids is 1. The summed E-state index contributed by atoms with van der Waals surface area (Å²) in [6, 6.07) is 10.3. The molecule has 0 aliphatic carbocycles. The van der Waals surface area contributed by atoms with Crippen LogP contribution in [0.15, 0.2) is 40.6 Å². The quantitative estimate of drug-likeness (QED) is 0.758. The van der Waals surface area contributed by atoms with Crippen LogP contribution in [0.25, 0.3) is 0 Å². The molecule has 2 aromatic rings. The fraction of sp³-hybridized carbons (Fsp3) is 0.278. The highest BCUT2D eigenvalue weighted by Crippen LogP contribution is 2.21. The second-order valence-electron chi connectivity index (χ2n) is 5.56. The van der Waals surface area contributed by atoms with Gasteiger partial charge in [-0.1, -0.05) is 30.9 Å². The molecule has 2 rings (SSSR count). The Bertz CT molecular complexity index is 920. The fourth-order valence-electron chi connectivity index (χ4n) is 2.15. The maximum atomic E-state index is 12.4. The molecule has 0 saturated heterocycles. The third kappa shape index (κ3) is 5.71. The van der Waals surface area contributed by atoms with Crippen molar-refractivity contribution in [2.24, 2.45) is 0 Å². The zero-order valence-electron chi connectivity index (χ0n) is 13.9. The van der Waals surface area contributed by atoms with E-state index in [4.69, 9.17) is 5.11 Å². The number of aryl methyl sites for hydroxylation is 1. The van der Waals surface area contributed by atoms with E-state index in [9.17, 15) is 13.2 Å². The number of aliphatic carboxylic acids is 1. The Balaban J connectivity index is 2.16. The largest absolute Gasteiger partial charge is 0.481 e. The van der Waals surface area contributed by atoms with Gasteiger partial charge >= 0.3 is 5.97 Å². The van der Waals surface area contributed by atoms with Crippen molar-refractivity contribution >= 4 is 27.3 Å². The van der Waals surface area contributed by atoms with E-state index in [1.54, 1.807) is 13.0 Å². The third-order valence-corrected chi connectivity index (χ3v) is 6.44. The van der Waals surface area contributed by atoms with Crippen LogP contribution in [0.1, 0.15) is 35.8 Å². The molecule has 1 aromatic heterocycles. The summed E-state index contributed by atoms with van der Waals surface area (Å²) in [5.74, 6) is 4.94. The first kappa shape index (κ1) is 19.2. The minimum atomic E-state index is -3.75. The number of rotatable bonds is 6. The minimum absolute atomic E-state index is 0.130. The Morgan fingerprint density at radius 2 is 2.04 bits per heavy atom. The van der Waals surface area contributed by atoms with Gasteiger partial charge in [0.1, 0.15) is 4.21 Å². The van der Waals surface area contributed by atoms with E-state index >= 15 is 0 Å². The molecule has 0 unspecified atom stereocenters. The number of thiophene rings is 1. The van der Waals surface area contributed by atoms with Crippen molar-refractivity contribution in [2.45, 2.75) is 36.9 Å². The van der Waals surface area contributed by atoms with E-state index in [-0.39, 0.29) is 10.6 Å². The second kappa shape index (κ2) is 8.30. The van der Waals surface area contributed by atoms with Gasteiger partial charge in [-0.2, -0.15) is 0 Å². The molecule has 5 nitrogen and oxygen atoms in total. The molecule has 25 heavy (non-hydrogen) atoms. The van der Waals surface area contributed by atoms with Crippen LogP contribution in [-0.2, 0) is 14.8 Å². The van der Waals surface area contributed by atoms with Gasteiger partial charge in [0, 0.05) is 11.6 Å². The molecule has 1 heterocycles.